The van der Waals surface area contributed by atoms with Crippen LogP contribution in [-0.4, -0.2) is 11.1 Å². The molecular formula is C13H16O2. The predicted octanol–water partition coefficient (Wildman–Crippen LogP) is 2.96. The molecule has 1 aliphatic rings. The molecule has 0 aromatic heterocycles. The molecule has 1 aliphatic carbocycles. The lowest BCUT2D eigenvalue weighted by atomic mass is 9.86. The minimum Gasteiger partial charge on any atom is -0.481 e. The smallest absolute Gasteiger partial charge is 0.307 e. The van der Waals surface area contributed by atoms with Gasteiger partial charge in [-0.15, -0.1) is 0 Å². The van der Waals surface area contributed by atoms with Crippen molar-refractivity contribution in [1.82, 2.24) is 0 Å². The van der Waals surface area contributed by atoms with Crippen LogP contribution in [0.15, 0.2) is 24.3 Å². The van der Waals surface area contributed by atoms with Crippen molar-refractivity contribution >= 4 is 5.97 Å². The Kier molecular flexibility index (Phi) is 2.76. The van der Waals surface area contributed by atoms with E-state index >= 15 is 0 Å². The Morgan fingerprint density at radius 2 is 2.07 bits per heavy atom. The highest BCUT2D eigenvalue weighted by Crippen LogP contribution is 2.40. The number of aryl methyl sites for hydroxylation is 1. The highest BCUT2D eigenvalue weighted by atomic mass is 16.4. The summed E-state index contributed by atoms with van der Waals surface area (Å²) < 4.78 is 0. The van der Waals surface area contributed by atoms with Crippen molar-refractivity contribution in [1.29, 1.82) is 0 Å². The number of hydrogen-bond acceptors (Lipinski definition) is 1. The van der Waals surface area contributed by atoms with Gasteiger partial charge in [0.25, 0.3) is 0 Å². The van der Waals surface area contributed by atoms with Crippen molar-refractivity contribution < 1.29 is 9.90 Å². The van der Waals surface area contributed by atoms with Gasteiger partial charge in [-0.05, 0) is 36.8 Å². The summed E-state index contributed by atoms with van der Waals surface area (Å²) in [5, 5.41) is 9.14. The minimum atomic E-state index is -0.638. The lowest BCUT2D eigenvalue weighted by Crippen LogP contribution is -2.17. The molecule has 1 saturated carbocycles. The van der Waals surface area contributed by atoms with E-state index in [0.29, 0.717) is 0 Å². The van der Waals surface area contributed by atoms with E-state index in [0.717, 1.165) is 19.3 Å². The molecule has 2 heteroatoms. The van der Waals surface area contributed by atoms with Gasteiger partial charge in [0.2, 0.25) is 0 Å². The zero-order valence-corrected chi connectivity index (χ0v) is 8.94. The summed E-state index contributed by atoms with van der Waals surface area (Å²) in [5.41, 5.74) is 2.44. The molecule has 1 aromatic rings. The summed E-state index contributed by atoms with van der Waals surface area (Å²) in [6.07, 6.45) is 2.88. The normalized spacial score (nSPS) is 25.4. The first kappa shape index (κ1) is 10.2. The molecule has 1 N–H and O–H groups in total. The highest BCUT2D eigenvalue weighted by Gasteiger charge is 2.34. The molecule has 2 rings (SSSR count). The minimum absolute atomic E-state index is 0.175. The van der Waals surface area contributed by atoms with E-state index in [9.17, 15) is 4.79 Å². The van der Waals surface area contributed by atoms with E-state index in [1.807, 2.05) is 12.1 Å². The van der Waals surface area contributed by atoms with Gasteiger partial charge in [0.05, 0.1) is 5.92 Å². The summed E-state index contributed by atoms with van der Waals surface area (Å²) in [4.78, 5) is 11.1. The number of aliphatic carboxylic acids is 1. The first-order valence-electron chi connectivity index (χ1n) is 5.48. The summed E-state index contributed by atoms with van der Waals surface area (Å²) >= 11 is 0. The van der Waals surface area contributed by atoms with Crippen molar-refractivity contribution in [3.8, 4) is 0 Å². The first-order chi connectivity index (χ1) is 7.20. The van der Waals surface area contributed by atoms with Crippen LogP contribution in [0.25, 0.3) is 0 Å². The van der Waals surface area contributed by atoms with Gasteiger partial charge in [-0.1, -0.05) is 30.7 Å². The molecule has 0 radical (unpaired) electrons. The molecule has 1 aromatic carbocycles. The Hall–Kier alpha value is -1.31. The molecule has 1 fully saturated rings. The van der Waals surface area contributed by atoms with Crippen molar-refractivity contribution in [2.45, 2.75) is 32.1 Å². The summed E-state index contributed by atoms with van der Waals surface area (Å²) in [6.45, 7) is 2.06. The zero-order valence-electron chi connectivity index (χ0n) is 8.94. The van der Waals surface area contributed by atoms with E-state index < -0.39 is 5.97 Å². The number of benzene rings is 1. The van der Waals surface area contributed by atoms with Gasteiger partial charge >= 0.3 is 5.97 Å². The number of hydrogen-bond donors (Lipinski definition) is 1. The predicted molar refractivity (Wildman–Crippen MR) is 58.9 cm³/mol. The third-order valence-corrected chi connectivity index (χ3v) is 3.42. The van der Waals surface area contributed by atoms with Crippen LogP contribution in [-0.2, 0) is 4.79 Å². The van der Waals surface area contributed by atoms with E-state index in [1.54, 1.807) is 0 Å². The second kappa shape index (κ2) is 4.05. The summed E-state index contributed by atoms with van der Waals surface area (Å²) in [7, 11) is 0. The Morgan fingerprint density at radius 3 is 2.73 bits per heavy atom. The van der Waals surface area contributed by atoms with Crippen LogP contribution in [0, 0.1) is 12.8 Å². The van der Waals surface area contributed by atoms with Gasteiger partial charge in [0.1, 0.15) is 0 Å². The fourth-order valence-corrected chi connectivity index (χ4v) is 2.63. The lowest BCUT2D eigenvalue weighted by molar-refractivity contribution is -0.142. The molecule has 0 spiro atoms. The van der Waals surface area contributed by atoms with Crippen molar-refractivity contribution in [2.24, 2.45) is 5.92 Å². The molecular weight excluding hydrogens is 188 g/mol. The second-order valence-electron chi connectivity index (χ2n) is 4.34. The maximum atomic E-state index is 11.1. The van der Waals surface area contributed by atoms with Gasteiger partial charge in [-0.2, -0.15) is 0 Å². The second-order valence-corrected chi connectivity index (χ2v) is 4.34. The fraction of sp³-hybridized carbons (Fsp3) is 0.462. The monoisotopic (exact) mass is 204 g/mol. The molecule has 0 amide bonds. The van der Waals surface area contributed by atoms with Gasteiger partial charge in [-0.25, -0.2) is 0 Å². The van der Waals surface area contributed by atoms with E-state index in [-0.39, 0.29) is 11.8 Å². The number of carboxylic acids is 1. The summed E-state index contributed by atoms with van der Waals surface area (Å²) in [6, 6.07) is 8.14. The Balaban J connectivity index is 2.30. The molecule has 15 heavy (non-hydrogen) atoms. The maximum Gasteiger partial charge on any atom is 0.307 e. The average Bonchev–Trinajstić information content (AvgIpc) is 2.67. The third-order valence-electron chi connectivity index (χ3n) is 3.42. The molecule has 0 heterocycles. The molecule has 80 valence electrons. The van der Waals surface area contributed by atoms with Gasteiger partial charge in [0.15, 0.2) is 0 Å². The zero-order chi connectivity index (χ0) is 10.8. The van der Waals surface area contributed by atoms with Crippen molar-refractivity contribution in [2.75, 3.05) is 0 Å². The largest absolute Gasteiger partial charge is 0.481 e. The van der Waals surface area contributed by atoms with Crippen molar-refractivity contribution in [3.05, 3.63) is 35.4 Å². The highest BCUT2D eigenvalue weighted by molar-refractivity contribution is 5.72. The van der Waals surface area contributed by atoms with Crippen LogP contribution in [0.2, 0.25) is 0 Å². The van der Waals surface area contributed by atoms with Crippen LogP contribution in [0.5, 0.6) is 0 Å². The van der Waals surface area contributed by atoms with Crippen LogP contribution in [0.4, 0.5) is 0 Å². The first-order valence-corrected chi connectivity index (χ1v) is 5.48. The standard InChI is InChI=1S/C13H16O2/c1-9-5-2-3-6-10(9)11-7-4-8-12(11)13(14)15/h2-3,5-6,11-12H,4,7-8H2,1H3,(H,14,15). The van der Waals surface area contributed by atoms with Crippen LogP contribution < -0.4 is 0 Å². The van der Waals surface area contributed by atoms with Crippen LogP contribution >= 0.6 is 0 Å². The molecule has 0 saturated heterocycles. The number of carbonyl (C=O) groups is 1. The fourth-order valence-electron chi connectivity index (χ4n) is 2.63. The summed E-state index contributed by atoms with van der Waals surface area (Å²) in [5.74, 6) is -0.587. The topological polar surface area (TPSA) is 37.3 Å². The average molecular weight is 204 g/mol. The van der Waals surface area contributed by atoms with Crippen molar-refractivity contribution in [3.63, 3.8) is 0 Å². The van der Waals surface area contributed by atoms with Gasteiger partial charge in [-0.3, -0.25) is 4.79 Å². The van der Waals surface area contributed by atoms with Crippen LogP contribution in [0.3, 0.4) is 0 Å². The Bertz CT molecular complexity index is 371. The molecule has 2 nitrogen and oxygen atoms in total. The van der Waals surface area contributed by atoms with E-state index in [4.69, 9.17) is 5.11 Å². The Labute approximate surface area is 89.9 Å². The Morgan fingerprint density at radius 1 is 1.33 bits per heavy atom. The molecule has 2 unspecified atom stereocenters. The van der Waals surface area contributed by atoms with Gasteiger partial charge in [0, 0.05) is 0 Å². The van der Waals surface area contributed by atoms with Gasteiger partial charge < -0.3 is 5.11 Å². The maximum absolute atomic E-state index is 11.1. The molecule has 0 bridgehead atoms. The number of rotatable bonds is 2. The van der Waals surface area contributed by atoms with Crippen LogP contribution in [0.1, 0.15) is 36.3 Å². The molecule has 0 aliphatic heterocycles. The quantitative estimate of drug-likeness (QED) is 0.804. The third kappa shape index (κ3) is 1.89. The van der Waals surface area contributed by atoms with E-state index in [1.165, 1.54) is 11.1 Å². The number of carboxylic acid groups (broad SMARTS) is 1. The lowest BCUT2D eigenvalue weighted by Gasteiger charge is -2.18. The SMILES string of the molecule is Cc1ccccc1C1CCCC1C(=O)O. The molecule has 2 atom stereocenters. The van der Waals surface area contributed by atoms with E-state index in [2.05, 4.69) is 19.1 Å².